The Morgan fingerprint density at radius 2 is 1.79 bits per heavy atom. The summed E-state index contributed by atoms with van der Waals surface area (Å²) in [6, 6.07) is 18.8. The zero-order valence-corrected chi connectivity index (χ0v) is 17.0. The molecule has 3 aromatic rings. The summed E-state index contributed by atoms with van der Waals surface area (Å²) in [6.45, 7) is 2.81. The van der Waals surface area contributed by atoms with Crippen molar-refractivity contribution in [2.45, 2.75) is 25.6 Å². The first-order chi connectivity index (χ1) is 13.7. The molecule has 0 spiro atoms. The molecule has 0 N–H and O–H groups in total. The molecule has 4 nitrogen and oxygen atoms in total. The summed E-state index contributed by atoms with van der Waals surface area (Å²) in [7, 11) is 3.34. The minimum atomic E-state index is 0.119. The predicted octanol–water partition coefficient (Wildman–Crippen LogP) is 5.15. The Hall–Kier alpha value is -2.43. The lowest BCUT2D eigenvalue weighted by Gasteiger charge is -2.31. The van der Waals surface area contributed by atoms with Crippen LogP contribution in [-0.2, 0) is 13.1 Å². The van der Waals surface area contributed by atoms with Gasteiger partial charge >= 0.3 is 0 Å². The highest BCUT2D eigenvalue weighted by Gasteiger charge is 2.28. The normalized spacial score (nSPS) is 17.0. The quantitative estimate of drug-likeness (QED) is 0.596. The number of fused-ring (bicyclic) bond motifs is 1. The second-order valence-corrected chi connectivity index (χ2v) is 7.47. The van der Waals surface area contributed by atoms with E-state index in [1.54, 1.807) is 14.2 Å². The summed E-state index contributed by atoms with van der Waals surface area (Å²) in [5.41, 5.74) is 3.62. The third kappa shape index (κ3) is 3.62. The Balaban J connectivity index is 1.78. The Morgan fingerprint density at radius 1 is 0.964 bits per heavy atom. The molecule has 0 amide bonds. The van der Waals surface area contributed by atoms with Crippen molar-refractivity contribution in [3.05, 3.63) is 82.6 Å². The average Bonchev–Trinajstić information content (AvgIpc) is 3.10. The van der Waals surface area contributed by atoms with Crippen molar-refractivity contribution in [2.75, 3.05) is 20.8 Å². The minimum Gasteiger partial charge on any atom is -0.493 e. The van der Waals surface area contributed by atoms with Gasteiger partial charge in [-0.1, -0.05) is 35.9 Å². The molecule has 1 aromatic heterocycles. The molecule has 1 aliphatic heterocycles. The number of ether oxygens (including phenoxy) is 2. The monoisotopic (exact) mass is 396 g/mol. The molecule has 0 radical (unpaired) electrons. The summed E-state index contributed by atoms with van der Waals surface area (Å²) in [5, 5.41) is 0.813. The van der Waals surface area contributed by atoms with Crippen LogP contribution < -0.4 is 9.47 Å². The largest absolute Gasteiger partial charge is 0.493 e. The van der Waals surface area contributed by atoms with Crippen LogP contribution in [0.25, 0.3) is 0 Å². The van der Waals surface area contributed by atoms with Gasteiger partial charge in [-0.3, -0.25) is 4.90 Å². The molecule has 1 atom stereocenters. The standard InChI is InChI=1S/C23H25ClN2O2/c1-27-21-11-10-17(15-22(21)28-2)23-20-9-5-12-25(20)13-6-14-26(23)16-18-7-3-4-8-19(18)24/h3-5,7-12,15,23H,6,13-14,16H2,1-2H3. The van der Waals surface area contributed by atoms with Crippen LogP contribution in [0.4, 0.5) is 0 Å². The number of rotatable bonds is 5. The third-order valence-corrected chi connectivity index (χ3v) is 5.78. The fourth-order valence-electron chi connectivity index (χ4n) is 4.06. The van der Waals surface area contributed by atoms with Gasteiger partial charge in [0.15, 0.2) is 11.5 Å². The first-order valence-electron chi connectivity index (χ1n) is 9.55. The number of aromatic nitrogens is 1. The number of methoxy groups -OCH3 is 2. The predicted molar refractivity (Wildman–Crippen MR) is 112 cm³/mol. The molecule has 4 rings (SSSR count). The highest BCUT2D eigenvalue weighted by atomic mass is 35.5. The van der Waals surface area contributed by atoms with Crippen molar-refractivity contribution in [3.63, 3.8) is 0 Å². The van der Waals surface area contributed by atoms with Crippen LogP contribution in [0.2, 0.25) is 5.02 Å². The molecule has 1 unspecified atom stereocenters. The van der Waals surface area contributed by atoms with Crippen LogP contribution >= 0.6 is 11.6 Å². The van der Waals surface area contributed by atoms with E-state index in [0.29, 0.717) is 0 Å². The molecule has 1 aliphatic rings. The van der Waals surface area contributed by atoms with Gasteiger partial charge in [0, 0.05) is 36.5 Å². The zero-order chi connectivity index (χ0) is 19.5. The van der Waals surface area contributed by atoms with Gasteiger partial charge in [-0.25, -0.2) is 0 Å². The fourth-order valence-corrected chi connectivity index (χ4v) is 4.26. The van der Waals surface area contributed by atoms with Gasteiger partial charge in [0.05, 0.1) is 20.3 Å². The first kappa shape index (κ1) is 18.9. The van der Waals surface area contributed by atoms with Crippen molar-refractivity contribution in [1.29, 1.82) is 0 Å². The van der Waals surface area contributed by atoms with Gasteiger partial charge in [0.25, 0.3) is 0 Å². The van der Waals surface area contributed by atoms with E-state index in [9.17, 15) is 0 Å². The van der Waals surface area contributed by atoms with Crippen LogP contribution in [0.3, 0.4) is 0 Å². The molecule has 28 heavy (non-hydrogen) atoms. The lowest BCUT2D eigenvalue weighted by molar-refractivity contribution is 0.220. The molecule has 5 heteroatoms. The van der Waals surface area contributed by atoms with Gasteiger partial charge in [0.2, 0.25) is 0 Å². The zero-order valence-electron chi connectivity index (χ0n) is 16.3. The molecule has 0 aliphatic carbocycles. The molecule has 146 valence electrons. The van der Waals surface area contributed by atoms with Crippen molar-refractivity contribution < 1.29 is 9.47 Å². The van der Waals surface area contributed by atoms with Gasteiger partial charge in [-0.15, -0.1) is 0 Å². The first-order valence-corrected chi connectivity index (χ1v) is 9.93. The third-order valence-electron chi connectivity index (χ3n) is 5.41. The molecule has 2 aromatic carbocycles. The van der Waals surface area contributed by atoms with Crippen LogP contribution in [-0.4, -0.2) is 30.2 Å². The number of hydrogen-bond donors (Lipinski definition) is 0. The average molecular weight is 397 g/mol. The molecular weight excluding hydrogens is 372 g/mol. The molecule has 2 heterocycles. The fraction of sp³-hybridized carbons (Fsp3) is 0.304. The molecular formula is C23H25ClN2O2. The summed E-state index contributed by atoms with van der Waals surface area (Å²) in [5.74, 6) is 1.49. The van der Waals surface area contributed by atoms with Gasteiger partial charge in [0.1, 0.15) is 0 Å². The molecule has 0 bridgehead atoms. The SMILES string of the molecule is COc1ccc(C2c3cccn3CCCN2Cc2ccccc2Cl)cc1OC. The van der Waals surface area contributed by atoms with Gasteiger partial charge in [-0.2, -0.15) is 0 Å². The highest BCUT2D eigenvalue weighted by molar-refractivity contribution is 6.31. The van der Waals surface area contributed by atoms with Crippen LogP contribution in [0.1, 0.15) is 29.3 Å². The lowest BCUT2D eigenvalue weighted by Crippen LogP contribution is -2.29. The summed E-state index contributed by atoms with van der Waals surface area (Å²) in [4.78, 5) is 2.50. The number of aryl methyl sites for hydroxylation is 1. The molecule has 0 saturated carbocycles. The van der Waals surface area contributed by atoms with Crippen LogP contribution in [0.15, 0.2) is 60.8 Å². The number of benzene rings is 2. The Morgan fingerprint density at radius 3 is 2.57 bits per heavy atom. The number of hydrogen-bond acceptors (Lipinski definition) is 3. The van der Waals surface area contributed by atoms with E-state index in [1.165, 1.54) is 11.3 Å². The topological polar surface area (TPSA) is 26.6 Å². The minimum absolute atomic E-state index is 0.119. The maximum Gasteiger partial charge on any atom is 0.161 e. The second kappa shape index (κ2) is 8.29. The van der Waals surface area contributed by atoms with E-state index >= 15 is 0 Å². The maximum atomic E-state index is 6.48. The molecule has 0 saturated heterocycles. The van der Waals surface area contributed by atoms with E-state index in [2.05, 4.69) is 46.0 Å². The van der Waals surface area contributed by atoms with E-state index < -0.39 is 0 Å². The molecule has 0 fully saturated rings. The maximum absolute atomic E-state index is 6.48. The van der Waals surface area contributed by atoms with E-state index in [1.807, 2.05) is 24.3 Å². The van der Waals surface area contributed by atoms with Crippen molar-refractivity contribution >= 4 is 11.6 Å². The smallest absolute Gasteiger partial charge is 0.161 e. The lowest BCUT2D eigenvalue weighted by atomic mass is 10.0. The van der Waals surface area contributed by atoms with Gasteiger partial charge < -0.3 is 14.0 Å². The van der Waals surface area contributed by atoms with Crippen molar-refractivity contribution in [1.82, 2.24) is 9.47 Å². The summed E-state index contributed by atoms with van der Waals surface area (Å²) in [6.07, 6.45) is 3.26. The van der Waals surface area contributed by atoms with Gasteiger partial charge in [-0.05, 0) is 47.9 Å². The summed E-state index contributed by atoms with van der Waals surface area (Å²) < 4.78 is 13.4. The van der Waals surface area contributed by atoms with E-state index in [-0.39, 0.29) is 6.04 Å². The Labute approximate surface area is 171 Å². The van der Waals surface area contributed by atoms with Crippen LogP contribution in [0.5, 0.6) is 11.5 Å². The highest BCUT2D eigenvalue weighted by Crippen LogP contribution is 2.37. The summed E-state index contributed by atoms with van der Waals surface area (Å²) >= 11 is 6.48. The second-order valence-electron chi connectivity index (χ2n) is 7.06. The Bertz CT molecular complexity index is 953. The van der Waals surface area contributed by atoms with E-state index in [0.717, 1.165) is 48.1 Å². The number of halogens is 1. The van der Waals surface area contributed by atoms with Crippen LogP contribution in [0, 0.1) is 0 Å². The van der Waals surface area contributed by atoms with Crippen molar-refractivity contribution in [3.8, 4) is 11.5 Å². The van der Waals surface area contributed by atoms with Crippen molar-refractivity contribution in [2.24, 2.45) is 0 Å². The number of nitrogens with zero attached hydrogens (tertiary/aromatic N) is 2. The Kier molecular flexibility index (Phi) is 5.60. The van der Waals surface area contributed by atoms with E-state index in [4.69, 9.17) is 21.1 Å².